The zero-order valence-corrected chi connectivity index (χ0v) is 7.04. The van der Waals surface area contributed by atoms with Crippen LogP contribution in [0, 0.1) is 0 Å². The minimum Gasteiger partial charge on any atom is -0.339 e. The number of rotatable bonds is 1. The zero-order chi connectivity index (χ0) is 8.27. The number of aromatic nitrogens is 1. The predicted octanol–water partition coefficient (Wildman–Crippen LogP) is 0.193. The maximum Gasteiger partial charge on any atom is 0.0644 e. The highest BCUT2D eigenvalue weighted by molar-refractivity contribution is 5.27. The third kappa shape index (κ3) is 1.45. The summed E-state index contributed by atoms with van der Waals surface area (Å²) in [5, 5.41) is 2.31. The highest BCUT2D eigenvalue weighted by Crippen LogP contribution is 1.75. The van der Waals surface area contributed by atoms with Gasteiger partial charge in [0.05, 0.1) is 5.35 Å². The van der Waals surface area contributed by atoms with Crippen molar-refractivity contribution in [3.8, 4) is 0 Å². The molecule has 60 valence electrons. The Kier molecular flexibility index (Phi) is 2.36. The lowest BCUT2D eigenvalue weighted by atomic mass is 10.3. The van der Waals surface area contributed by atoms with E-state index in [1.165, 1.54) is 5.22 Å². The lowest BCUT2D eigenvalue weighted by Crippen LogP contribution is -2.32. The van der Waals surface area contributed by atoms with Crippen LogP contribution in [0.2, 0.25) is 0 Å². The molecule has 0 aliphatic carbocycles. The van der Waals surface area contributed by atoms with Gasteiger partial charge in [0.2, 0.25) is 0 Å². The van der Waals surface area contributed by atoms with Crippen LogP contribution in [0.25, 0.3) is 12.2 Å². The van der Waals surface area contributed by atoms with Crippen LogP contribution in [0.15, 0.2) is 12.3 Å². The fourth-order valence-electron chi connectivity index (χ4n) is 1.18. The Balaban J connectivity index is 3.40. The Bertz CT molecular complexity index is 333. The first-order chi connectivity index (χ1) is 5.29. The van der Waals surface area contributed by atoms with Gasteiger partial charge in [-0.25, -0.2) is 0 Å². The Morgan fingerprint density at radius 2 is 2.36 bits per heavy atom. The van der Waals surface area contributed by atoms with E-state index in [-0.39, 0.29) is 0 Å². The molecule has 11 heavy (non-hydrogen) atoms. The van der Waals surface area contributed by atoms with Crippen molar-refractivity contribution in [3.05, 3.63) is 22.8 Å². The van der Waals surface area contributed by atoms with E-state index in [2.05, 4.69) is 13.0 Å². The number of nitrogens with two attached hydrogens (primary N) is 1. The van der Waals surface area contributed by atoms with Crippen LogP contribution in [-0.4, -0.2) is 4.68 Å². The Morgan fingerprint density at radius 3 is 2.91 bits per heavy atom. The third-order valence-corrected chi connectivity index (χ3v) is 1.69. The van der Waals surface area contributed by atoms with Gasteiger partial charge in [-0.3, -0.25) is 4.68 Å². The highest BCUT2D eigenvalue weighted by atomic mass is 15.3. The van der Waals surface area contributed by atoms with E-state index in [9.17, 15) is 0 Å². The minimum atomic E-state index is 1.05. The largest absolute Gasteiger partial charge is 0.339 e. The Morgan fingerprint density at radius 1 is 1.64 bits per heavy atom. The van der Waals surface area contributed by atoms with E-state index in [0.717, 1.165) is 11.8 Å². The molecule has 0 aliphatic heterocycles. The molecule has 0 spiro atoms. The van der Waals surface area contributed by atoms with Crippen molar-refractivity contribution in [1.82, 2.24) is 4.68 Å². The molecule has 1 heterocycles. The third-order valence-electron chi connectivity index (χ3n) is 1.69. The van der Waals surface area contributed by atoms with Gasteiger partial charge in [0.15, 0.2) is 0 Å². The molecule has 0 atom stereocenters. The van der Waals surface area contributed by atoms with Crippen LogP contribution < -0.4 is 16.4 Å². The van der Waals surface area contributed by atoms with Gasteiger partial charge in [0, 0.05) is 6.20 Å². The summed E-state index contributed by atoms with van der Waals surface area (Å²) in [5.41, 5.74) is 0. The normalized spacial score (nSPS) is 14.4. The van der Waals surface area contributed by atoms with Gasteiger partial charge in [0.25, 0.3) is 0 Å². The summed E-state index contributed by atoms with van der Waals surface area (Å²) in [6, 6.07) is 2.03. The molecular weight excluding hydrogens is 136 g/mol. The van der Waals surface area contributed by atoms with E-state index in [4.69, 9.17) is 5.84 Å². The van der Waals surface area contributed by atoms with Gasteiger partial charge < -0.3 is 5.84 Å². The summed E-state index contributed by atoms with van der Waals surface area (Å²) in [6.07, 6.45) is 7.10. The second-order valence-electron chi connectivity index (χ2n) is 2.46. The van der Waals surface area contributed by atoms with Gasteiger partial charge in [-0.05, 0) is 24.6 Å². The van der Waals surface area contributed by atoms with Gasteiger partial charge in [0.1, 0.15) is 0 Å². The molecule has 0 radical (unpaired) electrons. The molecule has 1 rings (SSSR count). The van der Waals surface area contributed by atoms with Crippen LogP contribution in [0.1, 0.15) is 20.3 Å². The van der Waals surface area contributed by atoms with E-state index in [1.54, 1.807) is 4.68 Å². The topological polar surface area (TPSA) is 30.9 Å². The van der Waals surface area contributed by atoms with Crippen molar-refractivity contribution >= 4 is 12.2 Å². The molecule has 0 unspecified atom stereocenters. The molecule has 1 aromatic heterocycles. The molecule has 0 saturated heterocycles. The number of nitrogens with zero attached hydrogens (tertiary/aromatic N) is 1. The molecular formula is C9H14N2. The maximum absolute atomic E-state index is 5.65. The molecule has 0 amide bonds. The van der Waals surface area contributed by atoms with Crippen molar-refractivity contribution in [3.63, 3.8) is 0 Å². The molecule has 0 fully saturated rings. The quantitative estimate of drug-likeness (QED) is 0.569. The summed E-state index contributed by atoms with van der Waals surface area (Å²) in [6.45, 7) is 4.11. The van der Waals surface area contributed by atoms with E-state index < -0.39 is 0 Å². The smallest absolute Gasteiger partial charge is 0.0644 e. The summed E-state index contributed by atoms with van der Waals surface area (Å²) in [4.78, 5) is 0. The van der Waals surface area contributed by atoms with Gasteiger partial charge in [-0.1, -0.05) is 19.1 Å². The van der Waals surface area contributed by atoms with Crippen molar-refractivity contribution in [2.75, 3.05) is 5.84 Å². The second kappa shape index (κ2) is 3.28. The van der Waals surface area contributed by atoms with E-state index >= 15 is 0 Å². The number of hydrogen-bond donors (Lipinski definition) is 1. The fourth-order valence-corrected chi connectivity index (χ4v) is 1.18. The minimum absolute atomic E-state index is 1.05. The SMILES string of the molecule is CC=c1c(=CCC)ccn1N. The average Bonchev–Trinajstić information content (AvgIpc) is 2.33. The number of hydrogen-bond acceptors (Lipinski definition) is 1. The molecule has 0 saturated carbocycles. The molecule has 0 bridgehead atoms. The summed E-state index contributed by atoms with van der Waals surface area (Å²) in [5.74, 6) is 5.65. The van der Waals surface area contributed by atoms with Crippen molar-refractivity contribution in [1.29, 1.82) is 0 Å². The average molecular weight is 150 g/mol. The van der Waals surface area contributed by atoms with Crippen LogP contribution in [0.5, 0.6) is 0 Å². The molecule has 2 nitrogen and oxygen atoms in total. The molecule has 0 aliphatic rings. The summed E-state index contributed by atoms with van der Waals surface area (Å²) in [7, 11) is 0. The van der Waals surface area contributed by atoms with E-state index in [0.29, 0.717) is 0 Å². The van der Waals surface area contributed by atoms with Crippen LogP contribution in [-0.2, 0) is 0 Å². The van der Waals surface area contributed by atoms with E-state index in [1.807, 2.05) is 25.3 Å². The first-order valence-corrected chi connectivity index (χ1v) is 3.88. The van der Waals surface area contributed by atoms with Gasteiger partial charge in [-0.2, -0.15) is 0 Å². The predicted molar refractivity (Wildman–Crippen MR) is 48.7 cm³/mol. The summed E-state index contributed by atoms with van der Waals surface area (Å²) < 4.78 is 1.64. The van der Waals surface area contributed by atoms with Crippen molar-refractivity contribution in [2.24, 2.45) is 0 Å². The van der Waals surface area contributed by atoms with Crippen molar-refractivity contribution in [2.45, 2.75) is 20.3 Å². The molecule has 2 heteroatoms. The van der Waals surface area contributed by atoms with Gasteiger partial charge in [-0.15, -0.1) is 0 Å². The monoisotopic (exact) mass is 150 g/mol. The lowest BCUT2D eigenvalue weighted by molar-refractivity contribution is 0.970. The van der Waals surface area contributed by atoms with Crippen LogP contribution in [0.4, 0.5) is 0 Å². The standard InChI is InChI=1S/C9H14N2/c1-3-5-8-6-7-11(10)9(8)4-2/h4-7H,3,10H2,1-2H3. The number of nitrogen functional groups attached to an aromatic ring is 1. The molecule has 1 aromatic rings. The Labute approximate surface area is 66.6 Å². The first kappa shape index (κ1) is 7.92. The summed E-state index contributed by atoms with van der Waals surface area (Å²) >= 11 is 0. The lowest BCUT2D eigenvalue weighted by Gasteiger charge is -1.88. The first-order valence-electron chi connectivity index (χ1n) is 3.88. The zero-order valence-electron chi connectivity index (χ0n) is 7.04. The molecule has 0 aromatic carbocycles. The van der Waals surface area contributed by atoms with Crippen molar-refractivity contribution < 1.29 is 0 Å². The maximum atomic E-state index is 5.65. The molecule has 2 N–H and O–H groups in total. The Hall–Kier alpha value is -1.18. The fraction of sp³-hybridized carbons (Fsp3) is 0.333. The highest BCUT2D eigenvalue weighted by Gasteiger charge is 1.87. The van der Waals surface area contributed by atoms with Crippen LogP contribution in [0.3, 0.4) is 0 Å². The van der Waals surface area contributed by atoms with Gasteiger partial charge >= 0.3 is 0 Å². The second-order valence-corrected chi connectivity index (χ2v) is 2.46. The van der Waals surface area contributed by atoms with Crippen LogP contribution >= 0.6 is 0 Å².